The van der Waals surface area contributed by atoms with E-state index in [-0.39, 0.29) is 0 Å². The Morgan fingerprint density at radius 3 is 2.43 bits per heavy atom. The van der Waals surface area contributed by atoms with E-state index in [9.17, 15) is 0 Å². The van der Waals surface area contributed by atoms with Crippen molar-refractivity contribution in [2.24, 2.45) is 5.73 Å². The standard InChI is InChI=1S/C29H30N4.C2H2/c1-19-12-26(18-32-17-19)23-10-11-28(31)25(15-23)13-20(2)33-29-9-5-8-27(21(29)3)24-7-4-6-22(14-24)16-30;1-2/h4-12,14-15,17-18,33H,2,13,16,30-31H2,1,3H3;1-2H. The normalized spacial score (nSPS) is 10.2. The van der Waals surface area contributed by atoms with E-state index in [0.717, 1.165) is 50.5 Å². The van der Waals surface area contributed by atoms with Crippen LogP contribution in [0.2, 0.25) is 0 Å². The molecule has 0 saturated heterocycles. The minimum Gasteiger partial charge on any atom is -0.398 e. The zero-order chi connectivity index (χ0) is 25.4. The summed E-state index contributed by atoms with van der Waals surface area (Å²) in [4.78, 5) is 4.32. The van der Waals surface area contributed by atoms with Crippen molar-refractivity contribution >= 4 is 11.4 Å². The number of aromatic nitrogens is 1. The first kappa shape index (κ1) is 25.3. The van der Waals surface area contributed by atoms with Crippen molar-refractivity contribution in [1.29, 1.82) is 0 Å². The smallest absolute Gasteiger partial charge is 0.0417 e. The van der Waals surface area contributed by atoms with Crippen LogP contribution in [-0.2, 0) is 13.0 Å². The fraction of sp³-hybridized carbons (Fsp3) is 0.129. The van der Waals surface area contributed by atoms with E-state index >= 15 is 0 Å². The van der Waals surface area contributed by atoms with Gasteiger partial charge in [0.15, 0.2) is 0 Å². The maximum Gasteiger partial charge on any atom is 0.0417 e. The summed E-state index contributed by atoms with van der Waals surface area (Å²) in [6.07, 6.45) is 12.4. The molecule has 0 saturated carbocycles. The second-order valence-electron chi connectivity index (χ2n) is 8.45. The Kier molecular flexibility index (Phi) is 8.45. The van der Waals surface area contributed by atoms with E-state index in [0.29, 0.717) is 13.0 Å². The minimum atomic E-state index is 0.529. The van der Waals surface area contributed by atoms with Crippen molar-refractivity contribution in [2.45, 2.75) is 26.8 Å². The molecule has 0 spiro atoms. The average Bonchev–Trinajstić information content (AvgIpc) is 2.88. The molecule has 0 aliphatic rings. The van der Waals surface area contributed by atoms with Crippen molar-refractivity contribution in [3.8, 4) is 35.1 Å². The molecule has 0 radical (unpaired) electrons. The lowest BCUT2D eigenvalue weighted by Gasteiger charge is -2.17. The molecule has 1 heterocycles. The molecule has 0 amide bonds. The van der Waals surface area contributed by atoms with Gasteiger partial charge in [0, 0.05) is 48.0 Å². The van der Waals surface area contributed by atoms with Gasteiger partial charge in [0.2, 0.25) is 0 Å². The molecule has 0 atom stereocenters. The van der Waals surface area contributed by atoms with Gasteiger partial charge >= 0.3 is 0 Å². The number of nitrogens with one attached hydrogen (secondary N) is 1. The van der Waals surface area contributed by atoms with Crippen LogP contribution in [0.3, 0.4) is 0 Å². The molecule has 0 aliphatic carbocycles. The molecule has 4 aromatic rings. The molecule has 0 fully saturated rings. The van der Waals surface area contributed by atoms with Crippen molar-refractivity contribution in [1.82, 2.24) is 4.98 Å². The van der Waals surface area contributed by atoms with Crippen molar-refractivity contribution in [3.63, 3.8) is 0 Å². The minimum absolute atomic E-state index is 0.529. The quantitative estimate of drug-likeness (QED) is 0.218. The molecule has 35 heavy (non-hydrogen) atoms. The molecule has 4 rings (SSSR count). The molecule has 176 valence electrons. The number of terminal acetylenes is 1. The van der Waals surface area contributed by atoms with E-state index < -0.39 is 0 Å². The molecule has 0 unspecified atom stereocenters. The molecule has 0 bridgehead atoms. The zero-order valence-electron chi connectivity index (χ0n) is 20.4. The number of benzene rings is 3. The molecule has 5 N–H and O–H groups in total. The fourth-order valence-corrected chi connectivity index (χ4v) is 4.07. The van der Waals surface area contributed by atoms with Crippen LogP contribution in [0.25, 0.3) is 22.3 Å². The number of rotatable bonds is 7. The fourth-order valence-electron chi connectivity index (χ4n) is 4.07. The van der Waals surface area contributed by atoms with Crippen LogP contribution in [0.5, 0.6) is 0 Å². The molecule has 0 aliphatic heterocycles. The Bertz CT molecular complexity index is 1350. The molecular weight excluding hydrogens is 428 g/mol. The number of pyridine rings is 1. The Labute approximate surface area is 208 Å². The topological polar surface area (TPSA) is 77.0 Å². The summed E-state index contributed by atoms with van der Waals surface area (Å²) in [5, 5.41) is 3.51. The highest BCUT2D eigenvalue weighted by Gasteiger charge is 2.10. The van der Waals surface area contributed by atoms with Gasteiger partial charge < -0.3 is 16.8 Å². The number of anilines is 2. The Balaban J connectivity index is 0.00000167. The largest absolute Gasteiger partial charge is 0.398 e. The monoisotopic (exact) mass is 460 g/mol. The third-order valence-electron chi connectivity index (χ3n) is 5.87. The second-order valence-corrected chi connectivity index (χ2v) is 8.45. The van der Waals surface area contributed by atoms with Gasteiger partial charge in [-0.3, -0.25) is 4.98 Å². The van der Waals surface area contributed by atoms with E-state index in [1.54, 1.807) is 0 Å². The van der Waals surface area contributed by atoms with Gasteiger partial charge in [-0.15, -0.1) is 12.8 Å². The van der Waals surface area contributed by atoms with Gasteiger partial charge in [0.05, 0.1) is 0 Å². The summed E-state index contributed by atoms with van der Waals surface area (Å²) in [5.74, 6) is 0. The van der Waals surface area contributed by atoms with Crippen molar-refractivity contribution in [2.75, 3.05) is 11.1 Å². The van der Waals surface area contributed by atoms with Crippen LogP contribution in [0, 0.1) is 26.7 Å². The lowest BCUT2D eigenvalue weighted by atomic mass is 9.97. The molecule has 4 heteroatoms. The summed E-state index contributed by atoms with van der Waals surface area (Å²) in [5.41, 5.74) is 23.8. The number of hydrogen-bond acceptors (Lipinski definition) is 4. The third kappa shape index (κ3) is 6.17. The van der Waals surface area contributed by atoms with Crippen LogP contribution < -0.4 is 16.8 Å². The van der Waals surface area contributed by atoms with E-state index in [4.69, 9.17) is 11.5 Å². The van der Waals surface area contributed by atoms with Crippen LogP contribution in [0.4, 0.5) is 11.4 Å². The van der Waals surface area contributed by atoms with Gasteiger partial charge in [-0.25, -0.2) is 0 Å². The summed E-state index contributed by atoms with van der Waals surface area (Å²) in [6, 6.07) is 22.9. The van der Waals surface area contributed by atoms with Crippen molar-refractivity contribution in [3.05, 3.63) is 114 Å². The first-order chi connectivity index (χ1) is 16.9. The maximum absolute atomic E-state index is 6.30. The van der Waals surface area contributed by atoms with Crippen LogP contribution in [-0.4, -0.2) is 4.98 Å². The van der Waals surface area contributed by atoms with E-state index in [2.05, 4.69) is 85.2 Å². The average molecular weight is 461 g/mol. The van der Waals surface area contributed by atoms with Gasteiger partial charge in [0.25, 0.3) is 0 Å². The lowest BCUT2D eigenvalue weighted by molar-refractivity contribution is 1.07. The SMILES string of the molecule is C#C.C=C(Cc1cc(-c2cncc(C)c2)ccc1N)Nc1cccc(-c2cccc(CN)c2)c1C. The summed E-state index contributed by atoms with van der Waals surface area (Å²) in [6.45, 7) is 8.98. The molecule has 1 aromatic heterocycles. The van der Waals surface area contributed by atoms with Gasteiger partial charge in [-0.05, 0) is 83.1 Å². The summed E-state index contributed by atoms with van der Waals surface area (Å²) >= 11 is 0. The van der Waals surface area contributed by atoms with Crippen molar-refractivity contribution < 1.29 is 0 Å². The third-order valence-corrected chi connectivity index (χ3v) is 5.87. The van der Waals surface area contributed by atoms with Gasteiger partial charge in [-0.1, -0.05) is 43.0 Å². The van der Waals surface area contributed by atoms with Crippen LogP contribution >= 0.6 is 0 Å². The first-order valence-electron chi connectivity index (χ1n) is 11.4. The number of nitrogens with two attached hydrogens (primary N) is 2. The highest BCUT2D eigenvalue weighted by atomic mass is 14.9. The summed E-state index contributed by atoms with van der Waals surface area (Å²) in [7, 11) is 0. The predicted octanol–water partition coefficient (Wildman–Crippen LogP) is 6.49. The number of allylic oxidation sites excluding steroid dienone is 1. The van der Waals surface area contributed by atoms with E-state index in [1.807, 2.05) is 37.5 Å². The molecule has 3 aromatic carbocycles. The first-order valence-corrected chi connectivity index (χ1v) is 11.4. The second kappa shape index (κ2) is 11.7. The van der Waals surface area contributed by atoms with Gasteiger partial charge in [-0.2, -0.15) is 0 Å². The Morgan fingerprint density at radius 2 is 1.69 bits per heavy atom. The number of nitrogens with zero attached hydrogens (tertiary/aromatic N) is 1. The number of aryl methyl sites for hydroxylation is 1. The van der Waals surface area contributed by atoms with E-state index in [1.165, 1.54) is 11.1 Å². The lowest BCUT2D eigenvalue weighted by Crippen LogP contribution is -2.05. The van der Waals surface area contributed by atoms with Crippen LogP contribution in [0.15, 0.2) is 91.4 Å². The summed E-state index contributed by atoms with van der Waals surface area (Å²) < 4.78 is 0. The highest BCUT2D eigenvalue weighted by molar-refractivity contribution is 5.75. The predicted molar refractivity (Wildman–Crippen MR) is 150 cm³/mol. The Morgan fingerprint density at radius 1 is 0.914 bits per heavy atom. The molecule has 4 nitrogen and oxygen atoms in total. The van der Waals surface area contributed by atoms with Gasteiger partial charge in [0.1, 0.15) is 0 Å². The number of nitrogen functional groups attached to an aromatic ring is 1. The van der Waals surface area contributed by atoms with Crippen LogP contribution in [0.1, 0.15) is 22.3 Å². The highest BCUT2D eigenvalue weighted by Crippen LogP contribution is 2.31. The zero-order valence-corrected chi connectivity index (χ0v) is 20.4. The Hall–Kier alpha value is -4.33. The molecular formula is C31H32N4. The number of hydrogen-bond donors (Lipinski definition) is 3. The maximum atomic E-state index is 6.30.